The first-order valence-electron chi connectivity index (χ1n) is 8.58. The molecule has 0 spiro atoms. The van der Waals surface area contributed by atoms with Crippen LogP contribution in [0.2, 0.25) is 0 Å². The van der Waals surface area contributed by atoms with Gasteiger partial charge in [0.15, 0.2) is 11.5 Å². The van der Waals surface area contributed by atoms with Gasteiger partial charge in [0.2, 0.25) is 0 Å². The minimum absolute atomic E-state index is 0.525. The molecule has 0 radical (unpaired) electrons. The van der Waals surface area contributed by atoms with Gasteiger partial charge in [-0.25, -0.2) is 19.9 Å². The standard InChI is InChI=1S/C17H22N8/c1-24(2)16-13(18-5-6-19-16)8-12-4-3-7-25(9-12)17-14-15(21-10-20-14)22-11-23-17/h5-6,10-12H,3-4,7-9H2,1-2H3,(H,20,21,22,23). The predicted molar refractivity (Wildman–Crippen MR) is 96.7 cm³/mol. The van der Waals surface area contributed by atoms with Gasteiger partial charge in [-0.15, -0.1) is 0 Å². The van der Waals surface area contributed by atoms with Crippen LogP contribution in [0.4, 0.5) is 11.6 Å². The molecule has 1 N–H and O–H groups in total. The number of H-pyrrole nitrogens is 1. The Morgan fingerprint density at radius 3 is 2.92 bits per heavy atom. The molecule has 3 aromatic rings. The highest BCUT2D eigenvalue weighted by Crippen LogP contribution is 2.28. The second-order valence-electron chi connectivity index (χ2n) is 6.68. The number of hydrogen-bond donors (Lipinski definition) is 1. The molecular weight excluding hydrogens is 316 g/mol. The van der Waals surface area contributed by atoms with Crippen molar-refractivity contribution in [2.75, 3.05) is 37.0 Å². The second-order valence-corrected chi connectivity index (χ2v) is 6.68. The third-order valence-electron chi connectivity index (χ3n) is 4.68. The molecule has 1 fully saturated rings. The minimum Gasteiger partial charge on any atom is -0.361 e. The maximum Gasteiger partial charge on any atom is 0.182 e. The highest BCUT2D eigenvalue weighted by Gasteiger charge is 2.24. The van der Waals surface area contributed by atoms with Crippen LogP contribution in [-0.4, -0.2) is 57.1 Å². The van der Waals surface area contributed by atoms with Crippen LogP contribution >= 0.6 is 0 Å². The molecule has 130 valence electrons. The summed E-state index contributed by atoms with van der Waals surface area (Å²) in [5.41, 5.74) is 2.70. The van der Waals surface area contributed by atoms with E-state index in [-0.39, 0.29) is 0 Å². The summed E-state index contributed by atoms with van der Waals surface area (Å²) in [6.45, 7) is 1.96. The molecule has 4 heterocycles. The van der Waals surface area contributed by atoms with Gasteiger partial charge in [0.1, 0.15) is 17.7 Å². The number of hydrogen-bond acceptors (Lipinski definition) is 7. The summed E-state index contributed by atoms with van der Waals surface area (Å²) in [7, 11) is 4.02. The molecule has 4 rings (SSSR count). The Morgan fingerprint density at radius 1 is 1.16 bits per heavy atom. The van der Waals surface area contributed by atoms with Gasteiger partial charge in [0.05, 0.1) is 12.0 Å². The van der Waals surface area contributed by atoms with E-state index in [1.165, 1.54) is 6.42 Å². The summed E-state index contributed by atoms with van der Waals surface area (Å²) in [5.74, 6) is 2.42. The Morgan fingerprint density at radius 2 is 2.04 bits per heavy atom. The molecule has 0 bridgehead atoms. The first-order valence-corrected chi connectivity index (χ1v) is 8.58. The topological polar surface area (TPSA) is 86.7 Å². The van der Waals surface area contributed by atoms with E-state index in [1.54, 1.807) is 25.0 Å². The maximum absolute atomic E-state index is 4.57. The predicted octanol–water partition coefficient (Wildman–Crippen LogP) is 1.67. The fourth-order valence-corrected chi connectivity index (χ4v) is 3.57. The Labute approximate surface area is 146 Å². The lowest BCUT2D eigenvalue weighted by Crippen LogP contribution is -2.37. The van der Waals surface area contributed by atoms with Gasteiger partial charge in [0.25, 0.3) is 0 Å². The fraction of sp³-hybridized carbons (Fsp3) is 0.471. The van der Waals surface area contributed by atoms with Gasteiger partial charge in [-0.05, 0) is 25.2 Å². The summed E-state index contributed by atoms with van der Waals surface area (Å²) < 4.78 is 0. The van der Waals surface area contributed by atoms with Gasteiger partial charge in [-0.2, -0.15) is 0 Å². The van der Waals surface area contributed by atoms with E-state index in [1.807, 2.05) is 19.0 Å². The minimum atomic E-state index is 0.525. The molecular formula is C17H22N8. The van der Waals surface area contributed by atoms with Crippen molar-refractivity contribution in [3.05, 3.63) is 30.7 Å². The van der Waals surface area contributed by atoms with Crippen molar-refractivity contribution in [1.29, 1.82) is 0 Å². The van der Waals surface area contributed by atoms with Gasteiger partial charge in [-0.3, -0.25) is 4.98 Å². The van der Waals surface area contributed by atoms with Crippen LogP contribution in [0.5, 0.6) is 0 Å². The molecule has 1 saturated heterocycles. The van der Waals surface area contributed by atoms with Crippen molar-refractivity contribution < 1.29 is 0 Å². The van der Waals surface area contributed by atoms with Crippen molar-refractivity contribution in [3.8, 4) is 0 Å². The van der Waals surface area contributed by atoms with E-state index >= 15 is 0 Å². The molecule has 0 aliphatic carbocycles. The molecule has 0 aromatic carbocycles. The summed E-state index contributed by atoms with van der Waals surface area (Å²) in [5, 5.41) is 0. The van der Waals surface area contributed by atoms with Crippen LogP contribution in [0.25, 0.3) is 11.2 Å². The molecule has 3 aromatic heterocycles. The molecule has 8 heteroatoms. The van der Waals surface area contributed by atoms with Crippen LogP contribution in [0.1, 0.15) is 18.5 Å². The Kier molecular flexibility index (Phi) is 4.17. The summed E-state index contributed by atoms with van der Waals surface area (Å²) in [6, 6.07) is 0. The lowest BCUT2D eigenvalue weighted by atomic mass is 9.93. The molecule has 1 unspecified atom stereocenters. The van der Waals surface area contributed by atoms with Crippen molar-refractivity contribution in [2.24, 2.45) is 5.92 Å². The molecule has 0 saturated carbocycles. The van der Waals surface area contributed by atoms with Gasteiger partial charge >= 0.3 is 0 Å². The number of anilines is 2. The highest BCUT2D eigenvalue weighted by molar-refractivity contribution is 5.82. The van der Waals surface area contributed by atoms with E-state index in [2.05, 4.69) is 34.8 Å². The lowest BCUT2D eigenvalue weighted by Gasteiger charge is -2.33. The average Bonchev–Trinajstić information content (AvgIpc) is 3.11. The number of nitrogens with one attached hydrogen (secondary N) is 1. The molecule has 25 heavy (non-hydrogen) atoms. The van der Waals surface area contributed by atoms with E-state index in [9.17, 15) is 0 Å². The zero-order chi connectivity index (χ0) is 17.2. The zero-order valence-corrected chi connectivity index (χ0v) is 14.6. The number of aromatic amines is 1. The van der Waals surface area contributed by atoms with Crippen LogP contribution in [0.3, 0.4) is 0 Å². The van der Waals surface area contributed by atoms with Crippen LogP contribution < -0.4 is 9.80 Å². The van der Waals surface area contributed by atoms with Gasteiger partial charge in [-0.1, -0.05) is 0 Å². The molecule has 0 amide bonds. The SMILES string of the molecule is CN(C)c1nccnc1CC1CCCN(c2ncnc3nc[nH]c23)C1. The zero-order valence-electron chi connectivity index (χ0n) is 14.6. The number of imidazole rings is 1. The van der Waals surface area contributed by atoms with Gasteiger partial charge < -0.3 is 14.8 Å². The summed E-state index contributed by atoms with van der Waals surface area (Å²) >= 11 is 0. The Balaban J connectivity index is 1.55. The van der Waals surface area contributed by atoms with Crippen LogP contribution in [0.15, 0.2) is 25.0 Å². The number of fused-ring (bicyclic) bond motifs is 1. The van der Waals surface area contributed by atoms with Crippen molar-refractivity contribution in [3.63, 3.8) is 0 Å². The van der Waals surface area contributed by atoms with Crippen molar-refractivity contribution in [2.45, 2.75) is 19.3 Å². The molecule has 1 aliphatic heterocycles. The fourth-order valence-electron chi connectivity index (χ4n) is 3.57. The largest absolute Gasteiger partial charge is 0.361 e. The van der Waals surface area contributed by atoms with E-state index in [4.69, 9.17) is 0 Å². The van der Waals surface area contributed by atoms with Gasteiger partial charge in [0, 0.05) is 39.6 Å². The quantitative estimate of drug-likeness (QED) is 0.774. The lowest BCUT2D eigenvalue weighted by molar-refractivity contribution is 0.408. The number of piperidine rings is 1. The Hall–Kier alpha value is -2.77. The number of aromatic nitrogens is 6. The first kappa shape index (κ1) is 15.7. The average molecular weight is 338 g/mol. The molecule has 1 aliphatic rings. The van der Waals surface area contributed by atoms with Crippen LogP contribution in [0, 0.1) is 5.92 Å². The maximum atomic E-state index is 4.57. The molecule has 8 nitrogen and oxygen atoms in total. The number of rotatable bonds is 4. The summed E-state index contributed by atoms with van der Waals surface area (Å²) in [4.78, 5) is 29.5. The third kappa shape index (κ3) is 3.11. The summed E-state index contributed by atoms with van der Waals surface area (Å²) in [6.07, 6.45) is 10.1. The normalized spacial score (nSPS) is 17.8. The van der Waals surface area contributed by atoms with Crippen molar-refractivity contribution in [1.82, 2.24) is 29.9 Å². The smallest absolute Gasteiger partial charge is 0.182 e. The monoisotopic (exact) mass is 338 g/mol. The van der Waals surface area contributed by atoms with Crippen molar-refractivity contribution >= 4 is 22.8 Å². The van der Waals surface area contributed by atoms with Crippen LogP contribution in [-0.2, 0) is 6.42 Å². The van der Waals surface area contributed by atoms with E-state index in [0.717, 1.165) is 54.4 Å². The third-order valence-corrected chi connectivity index (χ3v) is 4.68. The molecule has 1 atom stereocenters. The first-order chi connectivity index (χ1) is 12.2. The number of nitrogens with zero attached hydrogens (tertiary/aromatic N) is 7. The van der Waals surface area contributed by atoms with E-state index in [0.29, 0.717) is 5.92 Å². The Bertz CT molecular complexity index is 858. The second kappa shape index (κ2) is 6.62. The van der Waals surface area contributed by atoms with E-state index < -0.39 is 0 Å². The highest BCUT2D eigenvalue weighted by atomic mass is 15.2.